The van der Waals surface area contributed by atoms with Gasteiger partial charge in [-0.3, -0.25) is 4.90 Å². The van der Waals surface area contributed by atoms with Crippen molar-refractivity contribution in [2.45, 2.75) is 25.8 Å². The predicted molar refractivity (Wildman–Crippen MR) is 90.2 cm³/mol. The van der Waals surface area contributed by atoms with E-state index in [1.54, 1.807) is 0 Å². The number of rotatable bonds is 2. The number of likely N-dealkylation sites (tertiary alicyclic amines) is 1. The van der Waals surface area contributed by atoms with E-state index in [-0.39, 0.29) is 12.4 Å². The lowest BCUT2D eigenvalue weighted by molar-refractivity contribution is 0.194. The molecule has 5 nitrogen and oxygen atoms in total. The van der Waals surface area contributed by atoms with Crippen LogP contribution in [-0.4, -0.2) is 46.1 Å². The molecule has 2 fully saturated rings. The molecule has 2 aliphatic heterocycles. The van der Waals surface area contributed by atoms with Gasteiger partial charge >= 0.3 is 0 Å². The SMILES string of the molecule is Cl.Cn1nnc2cc(CN3CCC4(CCNCC4)C3)ccc21. The second-order valence-corrected chi connectivity index (χ2v) is 6.75. The zero-order chi connectivity index (χ0) is 14.3. The third-order valence-corrected chi connectivity index (χ3v) is 5.26. The molecule has 0 atom stereocenters. The lowest BCUT2D eigenvalue weighted by Gasteiger charge is -2.33. The van der Waals surface area contributed by atoms with Crippen LogP contribution in [0.2, 0.25) is 0 Å². The van der Waals surface area contributed by atoms with E-state index in [1.807, 2.05) is 11.7 Å². The Labute approximate surface area is 137 Å². The van der Waals surface area contributed by atoms with Crippen LogP contribution in [0.5, 0.6) is 0 Å². The standard InChI is InChI=1S/C16H23N5.ClH/c1-20-15-3-2-13(10-14(15)18-19-20)11-21-9-6-16(12-21)4-7-17-8-5-16;/h2-3,10,17H,4-9,11-12H2,1H3;1H. The Morgan fingerprint density at radius 3 is 2.86 bits per heavy atom. The van der Waals surface area contributed by atoms with Crippen molar-refractivity contribution in [2.24, 2.45) is 12.5 Å². The molecule has 1 spiro atoms. The van der Waals surface area contributed by atoms with E-state index < -0.39 is 0 Å². The van der Waals surface area contributed by atoms with E-state index in [1.165, 1.54) is 51.0 Å². The quantitative estimate of drug-likeness (QED) is 0.918. The topological polar surface area (TPSA) is 46.0 Å². The molecule has 0 aliphatic carbocycles. The Morgan fingerprint density at radius 1 is 1.23 bits per heavy atom. The van der Waals surface area contributed by atoms with Gasteiger partial charge in [0.25, 0.3) is 0 Å². The van der Waals surface area contributed by atoms with Gasteiger partial charge < -0.3 is 5.32 Å². The highest BCUT2D eigenvalue weighted by atomic mass is 35.5. The van der Waals surface area contributed by atoms with Crippen molar-refractivity contribution in [1.29, 1.82) is 0 Å². The van der Waals surface area contributed by atoms with Gasteiger partial charge in [-0.25, -0.2) is 4.68 Å². The molecule has 120 valence electrons. The van der Waals surface area contributed by atoms with Gasteiger partial charge in [0, 0.05) is 20.1 Å². The Hall–Kier alpha value is -1.17. The fraction of sp³-hybridized carbons (Fsp3) is 0.625. The van der Waals surface area contributed by atoms with Crippen molar-refractivity contribution in [1.82, 2.24) is 25.2 Å². The van der Waals surface area contributed by atoms with Gasteiger partial charge in [0.2, 0.25) is 0 Å². The molecule has 6 heteroatoms. The first kappa shape index (κ1) is 15.7. The van der Waals surface area contributed by atoms with E-state index in [9.17, 15) is 0 Å². The molecule has 1 aromatic heterocycles. The molecule has 1 aromatic carbocycles. The number of hydrogen-bond acceptors (Lipinski definition) is 4. The van der Waals surface area contributed by atoms with Crippen LogP contribution in [0.4, 0.5) is 0 Å². The van der Waals surface area contributed by atoms with Gasteiger partial charge in [-0.05, 0) is 62.0 Å². The summed E-state index contributed by atoms with van der Waals surface area (Å²) in [5.41, 5.74) is 4.05. The number of piperidine rings is 1. The second kappa shape index (κ2) is 6.14. The van der Waals surface area contributed by atoms with Crippen LogP contribution in [0.1, 0.15) is 24.8 Å². The fourth-order valence-electron chi connectivity index (χ4n) is 3.97. The third-order valence-electron chi connectivity index (χ3n) is 5.26. The summed E-state index contributed by atoms with van der Waals surface area (Å²) in [6, 6.07) is 6.55. The number of halogens is 1. The summed E-state index contributed by atoms with van der Waals surface area (Å²) in [5.74, 6) is 0. The van der Waals surface area contributed by atoms with E-state index in [0.717, 1.165) is 17.6 Å². The van der Waals surface area contributed by atoms with Crippen molar-refractivity contribution in [3.05, 3.63) is 23.8 Å². The molecule has 0 bridgehead atoms. The summed E-state index contributed by atoms with van der Waals surface area (Å²) >= 11 is 0. The van der Waals surface area contributed by atoms with Gasteiger partial charge in [-0.15, -0.1) is 17.5 Å². The van der Waals surface area contributed by atoms with E-state index in [4.69, 9.17) is 0 Å². The number of hydrogen-bond donors (Lipinski definition) is 1. The average Bonchev–Trinajstić information content (AvgIpc) is 3.05. The Kier molecular flexibility index (Phi) is 4.39. The number of fused-ring (bicyclic) bond motifs is 1. The Balaban J connectivity index is 0.00000144. The monoisotopic (exact) mass is 321 g/mol. The summed E-state index contributed by atoms with van der Waals surface area (Å²) < 4.78 is 1.83. The highest BCUT2D eigenvalue weighted by Crippen LogP contribution is 2.39. The maximum atomic E-state index is 4.22. The van der Waals surface area contributed by atoms with Crippen LogP contribution in [0.3, 0.4) is 0 Å². The lowest BCUT2D eigenvalue weighted by Crippen LogP contribution is -2.38. The smallest absolute Gasteiger partial charge is 0.113 e. The van der Waals surface area contributed by atoms with Crippen LogP contribution in [0.25, 0.3) is 11.0 Å². The zero-order valence-corrected chi connectivity index (χ0v) is 13.9. The van der Waals surface area contributed by atoms with Gasteiger partial charge in [0.1, 0.15) is 5.52 Å². The van der Waals surface area contributed by atoms with Crippen LogP contribution in [0, 0.1) is 5.41 Å². The minimum absolute atomic E-state index is 0. The fourth-order valence-corrected chi connectivity index (χ4v) is 3.97. The number of aryl methyl sites for hydroxylation is 1. The summed E-state index contributed by atoms with van der Waals surface area (Å²) in [6.07, 6.45) is 4.04. The van der Waals surface area contributed by atoms with Gasteiger partial charge in [0.05, 0.1) is 5.52 Å². The summed E-state index contributed by atoms with van der Waals surface area (Å²) in [5, 5.41) is 11.8. The van der Waals surface area contributed by atoms with Gasteiger partial charge in [0.15, 0.2) is 0 Å². The zero-order valence-electron chi connectivity index (χ0n) is 13.1. The normalized spacial score (nSPS) is 21.3. The molecule has 0 unspecified atom stereocenters. The van der Waals surface area contributed by atoms with E-state index in [0.29, 0.717) is 5.41 Å². The first-order valence-electron chi connectivity index (χ1n) is 7.96. The van der Waals surface area contributed by atoms with Gasteiger partial charge in [-0.2, -0.15) is 0 Å². The minimum Gasteiger partial charge on any atom is -0.317 e. The molecule has 1 N–H and O–H groups in total. The molecular weight excluding hydrogens is 298 g/mol. The Morgan fingerprint density at radius 2 is 2.05 bits per heavy atom. The molecule has 0 saturated carbocycles. The maximum absolute atomic E-state index is 4.22. The molecule has 4 rings (SSSR count). The first-order valence-corrected chi connectivity index (χ1v) is 7.96. The number of benzene rings is 1. The molecule has 22 heavy (non-hydrogen) atoms. The van der Waals surface area contributed by atoms with Crippen molar-refractivity contribution in [2.75, 3.05) is 26.2 Å². The van der Waals surface area contributed by atoms with Crippen molar-refractivity contribution < 1.29 is 0 Å². The molecule has 2 aliphatic rings. The number of nitrogens with one attached hydrogen (secondary N) is 1. The molecule has 0 radical (unpaired) electrons. The second-order valence-electron chi connectivity index (χ2n) is 6.75. The average molecular weight is 322 g/mol. The van der Waals surface area contributed by atoms with Crippen molar-refractivity contribution >= 4 is 23.4 Å². The van der Waals surface area contributed by atoms with Crippen molar-refractivity contribution in [3.63, 3.8) is 0 Å². The molecule has 0 amide bonds. The largest absolute Gasteiger partial charge is 0.317 e. The van der Waals surface area contributed by atoms with Crippen molar-refractivity contribution in [3.8, 4) is 0 Å². The lowest BCUT2D eigenvalue weighted by atomic mass is 9.78. The molecule has 2 aromatic rings. The molecule has 2 saturated heterocycles. The summed E-state index contributed by atoms with van der Waals surface area (Å²) in [7, 11) is 1.94. The maximum Gasteiger partial charge on any atom is 0.113 e. The molecule has 3 heterocycles. The van der Waals surface area contributed by atoms with E-state index in [2.05, 4.69) is 38.7 Å². The first-order chi connectivity index (χ1) is 10.2. The van der Waals surface area contributed by atoms with Crippen LogP contribution >= 0.6 is 12.4 Å². The molecular formula is C16H24ClN5. The van der Waals surface area contributed by atoms with Crippen LogP contribution in [-0.2, 0) is 13.6 Å². The highest BCUT2D eigenvalue weighted by Gasteiger charge is 2.38. The number of aromatic nitrogens is 3. The van der Waals surface area contributed by atoms with E-state index >= 15 is 0 Å². The van der Waals surface area contributed by atoms with Gasteiger partial charge in [-0.1, -0.05) is 11.3 Å². The number of nitrogens with zero attached hydrogens (tertiary/aromatic N) is 4. The minimum atomic E-state index is 0. The predicted octanol–water partition coefficient (Wildman–Crippen LogP) is 1.97. The third kappa shape index (κ3) is 2.85. The summed E-state index contributed by atoms with van der Waals surface area (Å²) in [4.78, 5) is 2.61. The van der Waals surface area contributed by atoms with Crippen LogP contribution in [0.15, 0.2) is 18.2 Å². The summed E-state index contributed by atoms with van der Waals surface area (Å²) in [6.45, 7) is 5.92. The Bertz CT molecular complexity index is 647. The highest BCUT2D eigenvalue weighted by molar-refractivity contribution is 5.85. The van der Waals surface area contributed by atoms with Crippen LogP contribution < -0.4 is 5.32 Å².